The summed E-state index contributed by atoms with van der Waals surface area (Å²) in [5.41, 5.74) is 3.42. The summed E-state index contributed by atoms with van der Waals surface area (Å²) in [5, 5.41) is 13.7. The number of nitriles is 1. The molecular formula is C19H26N4S. The van der Waals surface area contributed by atoms with Gasteiger partial charge in [0.1, 0.15) is 12.7 Å². The predicted molar refractivity (Wildman–Crippen MR) is 99.1 cm³/mol. The molecule has 0 N–H and O–H groups in total. The topological polar surface area (TPSA) is 54.5 Å². The fraction of sp³-hybridized carbons (Fsp3) is 0.526. The van der Waals surface area contributed by atoms with E-state index in [1.165, 1.54) is 28.9 Å². The number of aromatic nitrogens is 3. The van der Waals surface area contributed by atoms with E-state index >= 15 is 0 Å². The first-order valence-electron chi connectivity index (χ1n) is 8.80. The zero-order chi connectivity index (χ0) is 17.2. The first-order chi connectivity index (χ1) is 11.8. The molecular weight excluding hydrogens is 316 g/mol. The summed E-state index contributed by atoms with van der Waals surface area (Å²) >= 11 is 1.92. The van der Waals surface area contributed by atoms with Crippen molar-refractivity contribution in [2.75, 3.05) is 5.75 Å². The first kappa shape index (κ1) is 18.5. The Morgan fingerprint density at radius 3 is 2.67 bits per heavy atom. The first-order valence-corrected chi connectivity index (χ1v) is 9.78. The lowest BCUT2D eigenvalue weighted by molar-refractivity contribution is 0.608. The van der Waals surface area contributed by atoms with E-state index < -0.39 is 0 Å². The summed E-state index contributed by atoms with van der Waals surface area (Å²) in [7, 11) is 0. The van der Waals surface area contributed by atoms with E-state index in [0.717, 1.165) is 43.5 Å². The zero-order valence-electron chi connectivity index (χ0n) is 14.7. The molecule has 5 heteroatoms. The van der Waals surface area contributed by atoms with E-state index in [9.17, 15) is 5.26 Å². The summed E-state index contributed by atoms with van der Waals surface area (Å²) in [6, 6.07) is 6.51. The van der Waals surface area contributed by atoms with Gasteiger partial charge in [-0.15, -0.1) is 11.8 Å². The number of hydrogen-bond acceptors (Lipinski definition) is 4. The van der Waals surface area contributed by atoms with Crippen molar-refractivity contribution in [3.8, 4) is 6.07 Å². The molecule has 1 aromatic heterocycles. The molecule has 0 radical (unpaired) electrons. The highest BCUT2D eigenvalue weighted by molar-refractivity contribution is 7.99. The zero-order valence-corrected chi connectivity index (χ0v) is 15.5. The average molecular weight is 343 g/mol. The molecule has 0 aliphatic rings. The Balaban J connectivity index is 2.26. The van der Waals surface area contributed by atoms with E-state index in [4.69, 9.17) is 0 Å². The lowest BCUT2D eigenvalue weighted by atomic mass is 9.98. The summed E-state index contributed by atoms with van der Waals surface area (Å²) < 4.78 is 1.87. The number of rotatable bonds is 10. The molecule has 1 aromatic carbocycles. The predicted octanol–water partition coefficient (Wildman–Crippen LogP) is 4.63. The van der Waals surface area contributed by atoms with Gasteiger partial charge in [0.05, 0.1) is 11.6 Å². The van der Waals surface area contributed by atoms with Crippen molar-refractivity contribution in [2.45, 2.75) is 63.8 Å². The summed E-state index contributed by atoms with van der Waals surface area (Å²) in [6.07, 6.45) is 9.91. The maximum Gasteiger partial charge on any atom is 0.137 e. The van der Waals surface area contributed by atoms with Crippen molar-refractivity contribution in [1.29, 1.82) is 5.26 Å². The molecule has 24 heavy (non-hydrogen) atoms. The Kier molecular flexibility index (Phi) is 7.84. The Morgan fingerprint density at radius 2 is 2.00 bits per heavy atom. The lowest BCUT2D eigenvalue weighted by Gasteiger charge is -2.16. The molecule has 0 aliphatic carbocycles. The van der Waals surface area contributed by atoms with Crippen LogP contribution in [0.1, 0.15) is 56.2 Å². The molecule has 0 unspecified atom stereocenters. The second-order valence-corrected chi connectivity index (χ2v) is 7.01. The summed E-state index contributed by atoms with van der Waals surface area (Å²) in [5.74, 6) is 1.11. The molecule has 4 nitrogen and oxygen atoms in total. The number of nitrogens with zero attached hydrogens (tertiary/aromatic N) is 4. The van der Waals surface area contributed by atoms with Gasteiger partial charge in [-0.05, 0) is 48.6 Å². The van der Waals surface area contributed by atoms with Gasteiger partial charge in [0.2, 0.25) is 0 Å². The summed E-state index contributed by atoms with van der Waals surface area (Å²) in [4.78, 5) is 5.34. The van der Waals surface area contributed by atoms with Crippen molar-refractivity contribution in [3.05, 3.63) is 41.5 Å². The monoisotopic (exact) mass is 342 g/mol. The normalized spacial score (nSPS) is 10.7. The smallest absolute Gasteiger partial charge is 0.137 e. The highest BCUT2D eigenvalue weighted by atomic mass is 32.2. The van der Waals surface area contributed by atoms with E-state index in [0.29, 0.717) is 0 Å². The second-order valence-electron chi connectivity index (χ2n) is 5.91. The van der Waals surface area contributed by atoms with Crippen molar-refractivity contribution >= 4 is 11.8 Å². The van der Waals surface area contributed by atoms with Crippen LogP contribution >= 0.6 is 11.8 Å². The van der Waals surface area contributed by atoms with Crippen LogP contribution in [0.4, 0.5) is 0 Å². The third-order valence-electron chi connectivity index (χ3n) is 4.06. The van der Waals surface area contributed by atoms with Gasteiger partial charge in [0.15, 0.2) is 0 Å². The van der Waals surface area contributed by atoms with Crippen LogP contribution in [0, 0.1) is 11.3 Å². The third kappa shape index (κ3) is 5.10. The van der Waals surface area contributed by atoms with Gasteiger partial charge in [-0.3, -0.25) is 4.68 Å². The number of aryl methyl sites for hydroxylation is 2. The van der Waals surface area contributed by atoms with Crippen LogP contribution in [0.2, 0.25) is 0 Å². The molecule has 2 aromatic rings. The Bertz CT molecular complexity index is 659. The number of hydrogen-bond donors (Lipinski definition) is 0. The minimum Gasteiger partial charge on any atom is -0.253 e. The quantitative estimate of drug-likeness (QED) is 0.467. The number of thioether (sulfide) groups is 1. The minimum absolute atomic E-state index is 0.820. The van der Waals surface area contributed by atoms with E-state index in [-0.39, 0.29) is 0 Å². The van der Waals surface area contributed by atoms with Crippen LogP contribution in [0.5, 0.6) is 0 Å². The maximum absolute atomic E-state index is 9.50. The Labute approximate surface area is 149 Å². The molecule has 0 spiro atoms. The molecule has 2 rings (SSSR count). The SMILES string of the molecule is CCCCSc1c(CCn2cncn2)ccc(C#N)c1CCCC. The molecule has 0 saturated carbocycles. The van der Waals surface area contributed by atoms with E-state index in [1.807, 2.05) is 22.5 Å². The van der Waals surface area contributed by atoms with Crippen LogP contribution in [-0.2, 0) is 19.4 Å². The largest absolute Gasteiger partial charge is 0.253 e. The van der Waals surface area contributed by atoms with Crippen molar-refractivity contribution < 1.29 is 0 Å². The van der Waals surface area contributed by atoms with Gasteiger partial charge in [0.25, 0.3) is 0 Å². The lowest BCUT2D eigenvalue weighted by Crippen LogP contribution is -2.05. The number of benzene rings is 1. The molecule has 0 saturated heterocycles. The fourth-order valence-electron chi connectivity index (χ4n) is 2.66. The van der Waals surface area contributed by atoms with Gasteiger partial charge in [-0.1, -0.05) is 32.8 Å². The van der Waals surface area contributed by atoms with Gasteiger partial charge >= 0.3 is 0 Å². The van der Waals surface area contributed by atoms with Crippen molar-refractivity contribution in [3.63, 3.8) is 0 Å². The van der Waals surface area contributed by atoms with Gasteiger partial charge in [-0.25, -0.2) is 4.98 Å². The van der Waals surface area contributed by atoms with Gasteiger partial charge in [0, 0.05) is 11.4 Å². The van der Waals surface area contributed by atoms with Crippen molar-refractivity contribution in [2.24, 2.45) is 0 Å². The van der Waals surface area contributed by atoms with Gasteiger partial charge < -0.3 is 0 Å². The minimum atomic E-state index is 0.820. The number of unbranched alkanes of at least 4 members (excludes halogenated alkanes) is 2. The molecule has 0 bridgehead atoms. The van der Waals surface area contributed by atoms with Crippen LogP contribution in [0.15, 0.2) is 29.7 Å². The molecule has 0 aliphatic heterocycles. The molecule has 128 valence electrons. The van der Waals surface area contributed by atoms with Crippen LogP contribution in [0.3, 0.4) is 0 Å². The highest BCUT2D eigenvalue weighted by Gasteiger charge is 2.14. The maximum atomic E-state index is 9.50. The fourth-order valence-corrected chi connectivity index (χ4v) is 4.04. The third-order valence-corrected chi connectivity index (χ3v) is 5.35. The molecule has 1 heterocycles. The van der Waals surface area contributed by atoms with Crippen LogP contribution in [-0.4, -0.2) is 20.5 Å². The molecule has 0 atom stereocenters. The van der Waals surface area contributed by atoms with Crippen molar-refractivity contribution in [1.82, 2.24) is 14.8 Å². The highest BCUT2D eigenvalue weighted by Crippen LogP contribution is 2.32. The van der Waals surface area contributed by atoms with E-state index in [1.54, 1.807) is 12.7 Å². The standard InChI is InChI=1S/C19H26N4S/c1-3-5-7-18-17(13-20)9-8-16(19(18)24-12-6-4-2)10-11-23-15-21-14-22-23/h8-9,14-15H,3-7,10-12H2,1-2H3. The van der Waals surface area contributed by atoms with E-state index in [2.05, 4.69) is 36.1 Å². The molecule has 0 amide bonds. The van der Waals surface area contributed by atoms with Gasteiger partial charge in [-0.2, -0.15) is 10.4 Å². The second kappa shape index (κ2) is 10.1. The Morgan fingerprint density at radius 1 is 1.17 bits per heavy atom. The van der Waals surface area contributed by atoms with Crippen LogP contribution in [0.25, 0.3) is 0 Å². The van der Waals surface area contributed by atoms with Crippen LogP contribution < -0.4 is 0 Å². The average Bonchev–Trinajstić information content (AvgIpc) is 3.12. The summed E-state index contributed by atoms with van der Waals surface area (Å²) in [6.45, 7) is 5.24. The molecule has 0 fully saturated rings. The Hall–Kier alpha value is -1.80.